The number of ether oxygens (including phenoxy) is 2. The van der Waals surface area contributed by atoms with Crippen molar-refractivity contribution in [1.82, 2.24) is 0 Å². The Hall–Kier alpha value is -1.77. The zero-order valence-corrected chi connectivity index (χ0v) is 48.3. The molecule has 0 aromatic rings. The molecule has 2 atom stereocenters. The van der Waals surface area contributed by atoms with Crippen molar-refractivity contribution in [2.24, 2.45) is 0 Å². The van der Waals surface area contributed by atoms with Crippen molar-refractivity contribution in [3.63, 3.8) is 0 Å². The second-order valence-corrected chi connectivity index (χ2v) is 23.1. The average Bonchev–Trinajstić information content (AvgIpc) is 3.33. The van der Waals surface area contributed by atoms with E-state index in [1.165, 1.54) is 199 Å². The molecule has 0 radical (unpaired) electrons. The summed E-state index contributed by atoms with van der Waals surface area (Å²) < 4.78 is 34.2. The lowest BCUT2D eigenvalue weighted by atomic mass is 10.0. The van der Waals surface area contributed by atoms with Gasteiger partial charge >= 0.3 is 11.9 Å². The standard InChI is InChI=1S/C61H116NO8P/c1-6-8-10-12-14-16-18-20-22-24-25-26-27-28-29-30-31-32-33-34-35-36-37-38-40-42-44-46-48-50-52-54-61(64)70-59(58-69-71(65,66)68-56-55-62(3,4)5)57-67-60(63)53-51-49-47-45-43-41-39-23-21-19-17-15-13-11-9-7-2/h18,20,23-25,39,59H,6-17,19,21-22,26-38,40-58H2,1-5H3/b20-18-,25-24-,39-23-. The number of phosphoric acid groups is 1. The number of nitrogens with zero attached hydrogens (tertiary/aromatic N) is 1. The highest BCUT2D eigenvalue weighted by molar-refractivity contribution is 7.45. The summed E-state index contributed by atoms with van der Waals surface area (Å²) in [5, 5.41) is 0. The fourth-order valence-electron chi connectivity index (χ4n) is 8.68. The quantitative estimate of drug-likeness (QED) is 0.0195. The van der Waals surface area contributed by atoms with E-state index in [1.807, 2.05) is 21.1 Å². The minimum absolute atomic E-state index is 0.0303. The fraction of sp³-hybridized carbons (Fsp3) is 0.869. The first-order valence-corrected chi connectivity index (χ1v) is 31.7. The van der Waals surface area contributed by atoms with Crippen LogP contribution in [-0.4, -0.2) is 70.0 Å². The highest BCUT2D eigenvalue weighted by Crippen LogP contribution is 2.38. The molecule has 0 aromatic carbocycles. The first-order chi connectivity index (χ1) is 34.5. The Morgan fingerprint density at radius 1 is 0.437 bits per heavy atom. The molecule has 0 fully saturated rings. The van der Waals surface area contributed by atoms with E-state index in [-0.39, 0.29) is 32.0 Å². The van der Waals surface area contributed by atoms with E-state index in [4.69, 9.17) is 18.5 Å². The normalized spacial score (nSPS) is 13.5. The molecule has 0 aliphatic heterocycles. The monoisotopic (exact) mass is 1020 g/mol. The second-order valence-electron chi connectivity index (χ2n) is 21.7. The SMILES string of the molecule is CCCCCCC/C=C\C/C=C\CCCCCCCCCCCCCCCCCCCCCC(=O)OC(COC(=O)CCCCCCC/C=C\CCCCCCCCC)COP(=O)([O-])OCC[N+](C)(C)C. The number of phosphoric ester groups is 1. The number of carbonyl (C=O) groups is 2. The van der Waals surface area contributed by atoms with Crippen molar-refractivity contribution in [2.75, 3.05) is 47.5 Å². The number of carbonyl (C=O) groups excluding carboxylic acids is 2. The molecule has 9 nitrogen and oxygen atoms in total. The van der Waals surface area contributed by atoms with Gasteiger partial charge in [-0.2, -0.15) is 0 Å². The number of allylic oxidation sites excluding steroid dienone is 6. The molecule has 0 bridgehead atoms. The van der Waals surface area contributed by atoms with Gasteiger partial charge in [-0.15, -0.1) is 0 Å². The summed E-state index contributed by atoms with van der Waals surface area (Å²) in [6.07, 6.45) is 64.9. The third kappa shape index (κ3) is 57.4. The predicted molar refractivity (Wildman–Crippen MR) is 301 cm³/mol. The summed E-state index contributed by atoms with van der Waals surface area (Å²) in [7, 11) is 1.17. The summed E-state index contributed by atoms with van der Waals surface area (Å²) in [5.74, 6) is -0.830. The van der Waals surface area contributed by atoms with Crippen LogP contribution in [0.3, 0.4) is 0 Å². The van der Waals surface area contributed by atoms with Gasteiger partial charge in [-0.05, 0) is 70.6 Å². The Labute approximate surface area is 440 Å². The largest absolute Gasteiger partial charge is 0.756 e. The lowest BCUT2D eigenvalue weighted by molar-refractivity contribution is -0.870. The van der Waals surface area contributed by atoms with Crippen LogP contribution < -0.4 is 4.89 Å². The fourth-order valence-corrected chi connectivity index (χ4v) is 9.41. The van der Waals surface area contributed by atoms with Gasteiger partial charge in [0.1, 0.15) is 19.8 Å². The van der Waals surface area contributed by atoms with Gasteiger partial charge in [0.15, 0.2) is 6.10 Å². The molecule has 0 spiro atoms. The maximum absolute atomic E-state index is 12.8. The molecule has 0 N–H and O–H groups in total. The number of esters is 2. The van der Waals surface area contributed by atoms with E-state index in [0.717, 1.165) is 57.8 Å². The van der Waals surface area contributed by atoms with E-state index < -0.39 is 26.5 Å². The Kier molecular flexibility index (Phi) is 51.7. The molecule has 0 aromatic heterocycles. The zero-order valence-electron chi connectivity index (χ0n) is 47.4. The molecule has 0 heterocycles. The first kappa shape index (κ1) is 69.2. The minimum Gasteiger partial charge on any atom is -0.756 e. The van der Waals surface area contributed by atoms with Gasteiger partial charge in [-0.1, -0.05) is 243 Å². The zero-order chi connectivity index (χ0) is 52.0. The summed E-state index contributed by atoms with van der Waals surface area (Å²) in [4.78, 5) is 37.8. The van der Waals surface area contributed by atoms with Crippen LogP contribution in [0.4, 0.5) is 0 Å². The van der Waals surface area contributed by atoms with Crippen LogP contribution in [0.5, 0.6) is 0 Å². The Morgan fingerprint density at radius 2 is 0.761 bits per heavy atom. The molecule has 2 unspecified atom stereocenters. The topological polar surface area (TPSA) is 111 Å². The molecule has 71 heavy (non-hydrogen) atoms. The number of likely N-dealkylation sites (N-methyl/N-ethyl adjacent to an activating group) is 1. The molecule has 0 amide bonds. The van der Waals surface area contributed by atoms with Crippen LogP contribution in [0, 0.1) is 0 Å². The first-order valence-electron chi connectivity index (χ1n) is 30.2. The van der Waals surface area contributed by atoms with Crippen molar-refractivity contribution in [3.8, 4) is 0 Å². The lowest BCUT2D eigenvalue weighted by Gasteiger charge is -2.28. The van der Waals surface area contributed by atoms with E-state index in [9.17, 15) is 19.0 Å². The number of quaternary nitrogens is 1. The molecule has 0 aliphatic carbocycles. The van der Waals surface area contributed by atoms with Crippen LogP contribution in [0.25, 0.3) is 0 Å². The number of unbranched alkanes of at least 4 members (excludes halogenated alkanes) is 36. The Morgan fingerprint density at radius 3 is 1.13 bits per heavy atom. The molecule has 418 valence electrons. The van der Waals surface area contributed by atoms with Crippen molar-refractivity contribution in [3.05, 3.63) is 36.5 Å². The van der Waals surface area contributed by atoms with Crippen LogP contribution in [-0.2, 0) is 32.7 Å². The molecule has 0 aliphatic rings. The molecular weight excluding hydrogens is 906 g/mol. The van der Waals surface area contributed by atoms with Gasteiger partial charge in [-0.25, -0.2) is 0 Å². The van der Waals surface area contributed by atoms with Gasteiger partial charge in [0.25, 0.3) is 7.82 Å². The summed E-state index contributed by atoms with van der Waals surface area (Å²) in [6.45, 7) is 4.25. The van der Waals surface area contributed by atoms with Crippen LogP contribution in [0.2, 0.25) is 0 Å². The summed E-state index contributed by atoms with van der Waals surface area (Å²) in [6, 6.07) is 0. The second kappa shape index (κ2) is 53.1. The van der Waals surface area contributed by atoms with Gasteiger partial charge < -0.3 is 27.9 Å². The maximum Gasteiger partial charge on any atom is 0.306 e. The minimum atomic E-state index is -4.63. The van der Waals surface area contributed by atoms with Crippen molar-refractivity contribution in [1.29, 1.82) is 0 Å². The van der Waals surface area contributed by atoms with E-state index >= 15 is 0 Å². The lowest BCUT2D eigenvalue weighted by Crippen LogP contribution is -2.37. The average molecular weight is 1020 g/mol. The van der Waals surface area contributed by atoms with E-state index in [1.54, 1.807) is 0 Å². The molecule has 0 saturated carbocycles. The third-order valence-corrected chi connectivity index (χ3v) is 14.3. The van der Waals surface area contributed by atoms with Gasteiger partial charge in [0.05, 0.1) is 27.7 Å². The van der Waals surface area contributed by atoms with Gasteiger partial charge in [0, 0.05) is 12.8 Å². The highest BCUT2D eigenvalue weighted by Gasteiger charge is 2.22. The van der Waals surface area contributed by atoms with Crippen LogP contribution >= 0.6 is 7.82 Å². The van der Waals surface area contributed by atoms with Crippen LogP contribution in [0.15, 0.2) is 36.5 Å². The third-order valence-electron chi connectivity index (χ3n) is 13.4. The van der Waals surface area contributed by atoms with Crippen LogP contribution in [0.1, 0.15) is 290 Å². The summed E-state index contributed by atoms with van der Waals surface area (Å²) in [5.41, 5.74) is 0. The number of hydrogen-bond donors (Lipinski definition) is 0. The molecule has 10 heteroatoms. The number of rotatable bonds is 56. The molecule has 0 saturated heterocycles. The maximum atomic E-state index is 12.8. The summed E-state index contributed by atoms with van der Waals surface area (Å²) >= 11 is 0. The van der Waals surface area contributed by atoms with Gasteiger partial charge in [0.2, 0.25) is 0 Å². The van der Waals surface area contributed by atoms with Crippen molar-refractivity contribution < 1.29 is 42.1 Å². The molecule has 0 rings (SSSR count). The Balaban J connectivity index is 4.04. The van der Waals surface area contributed by atoms with Crippen molar-refractivity contribution >= 4 is 19.8 Å². The van der Waals surface area contributed by atoms with E-state index in [0.29, 0.717) is 17.4 Å². The van der Waals surface area contributed by atoms with Crippen molar-refractivity contribution in [2.45, 2.75) is 296 Å². The van der Waals surface area contributed by atoms with Gasteiger partial charge in [-0.3, -0.25) is 14.2 Å². The highest BCUT2D eigenvalue weighted by atomic mass is 31.2. The van der Waals surface area contributed by atoms with E-state index in [2.05, 4.69) is 50.3 Å². The smallest absolute Gasteiger partial charge is 0.306 e. The predicted octanol–water partition coefficient (Wildman–Crippen LogP) is 18.1. The Bertz CT molecular complexity index is 1300. The number of hydrogen-bond acceptors (Lipinski definition) is 8. The molecular formula is C61H116NO8P.